The average molecular weight is 251 g/mol. The Morgan fingerprint density at radius 1 is 0.944 bits per heavy atom. The monoisotopic (exact) mass is 251 g/mol. The number of ether oxygens (including phenoxy) is 2. The quantitative estimate of drug-likeness (QED) is 0.613. The molecular weight excluding hydrogens is 226 g/mol. The lowest BCUT2D eigenvalue weighted by Gasteiger charge is -2.07. The van der Waals surface area contributed by atoms with Gasteiger partial charge in [-0.2, -0.15) is 0 Å². The Bertz CT molecular complexity index is 277. The summed E-state index contributed by atoms with van der Waals surface area (Å²) in [5, 5.41) is 3.30. The molecular formula is C15H25NO2. The molecule has 1 rings (SSSR count). The number of benzene rings is 1. The molecule has 0 radical (unpaired) electrons. The second-order valence-corrected chi connectivity index (χ2v) is 4.25. The van der Waals surface area contributed by atoms with Gasteiger partial charge in [-0.3, -0.25) is 0 Å². The van der Waals surface area contributed by atoms with Crippen LogP contribution in [0.25, 0.3) is 0 Å². The normalized spacial score (nSPS) is 10.7. The number of hydrogen-bond donors (Lipinski definition) is 1. The molecule has 0 unspecified atom stereocenters. The molecule has 0 aliphatic heterocycles. The van der Waals surface area contributed by atoms with Gasteiger partial charge in [0.25, 0.3) is 0 Å². The Balaban J connectivity index is 1.82. The van der Waals surface area contributed by atoms with Crippen LogP contribution in [-0.4, -0.2) is 32.9 Å². The van der Waals surface area contributed by atoms with E-state index in [1.807, 2.05) is 18.2 Å². The third-order valence-corrected chi connectivity index (χ3v) is 2.60. The maximum absolute atomic E-state index is 5.56. The first kappa shape index (κ1) is 15.2. The SMILES string of the molecule is CCCCOCCNCCOCc1ccccc1. The maximum atomic E-state index is 5.56. The van der Waals surface area contributed by atoms with Gasteiger partial charge < -0.3 is 14.8 Å². The Hall–Kier alpha value is -0.900. The van der Waals surface area contributed by atoms with Gasteiger partial charge in [0.15, 0.2) is 0 Å². The van der Waals surface area contributed by atoms with Gasteiger partial charge in [-0.1, -0.05) is 43.7 Å². The minimum atomic E-state index is 0.690. The van der Waals surface area contributed by atoms with Crippen LogP contribution in [0.1, 0.15) is 25.3 Å². The molecule has 0 heterocycles. The third kappa shape index (κ3) is 8.23. The molecule has 1 aromatic rings. The Kier molecular flexibility index (Phi) is 9.44. The predicted octanol–water partition coefficient (Wildman–Crippen LogP) is 2.61. The zero-order chi connectivity index (χ0) is 12.9. The second-order valence-electron chi connectivity index (χ2n) is 4.25. The Labute approximate surface area is 110 Å². The number of hydrogen-bond acceptors (Lipinski definition) is 3. The highest BCUT2D eigenvalue weighted by Crippen LogP contribution is 1.99. The van der Waals surface area contributed by atoms with Crippen LogP contribution in [0.5, 0.6) is 0 Å². The molecule has 0 aromatic heterocycles. The molecule has 0 saturated heterocycles. The van der Waals surface area contributed by atoms with Gasteiger partial charge in [-0.15, -0.1) is 0 Å². The maximum Gasteiger partial charge on any atom is 0.0717 e. The van der Waals surface area contributed by atoms with E-state index in [2.05, 4.69) is 24.4 Å². The predicted molar refractivity (Wildman–Crippen MR) is 74.7 cm³/mol. The fourth-order valence-electron chi connectivity index (χ4n) is 1.53. The van der Waals surface area contributed by atoms with Crippen molar-refractivity contribution in [1.29, 1.82) is 0 Å². The van der Waals surface area contributed by atoms with Crippen LogP contribution in [0.15, 0.2) is 30.3 Å². The first-order valence-corrected chi connectivity index (χ1v) is 6.83. The summed E-state index contributed by atoms with van der Waals surface area (Å²) in [7, 11) is 0. The van der Waals surface area contributed by atoms with Crippen molar-refractivity contribution < 1.29 is 9.47 Å². The molecule has 0 bridgehead atoms. The van der Waals surface area contributed by atoms with Crippen molar-refractivity contribution in [3.63, 3.8) is 0 Å². The van der Waals surface area contributed by atoms with Gasteiger partial charge in [0.05, 0.1) is 19.8 Å². The summed E-state index contributed by atoms with van der Waals surface area (Å²) in [5.74, 6) is 0. The van der Waals surface area contributed by atoms with Gasteiger partial charge in [0, 0.05) is 19.7 Å². The first-order chi connectivity index (χ1) is 8.93. The molecule has 0 saturated carbocycles. The minimum Gasteiger partial charge on any atom is -0.380 e. The molecule has 18 heavy (non-hydrogen) atoms. The fraction of sp³-hybridized carbons (Fsp3) is 0.600. The molecule has 102 valence electrons. The fourth-order valence-corrected chi connectivity index (χ4v) is 1.53. The van der Waals surface area contributed by atoms with Gasteiger partial charge >= 0.3 is 0 Å². The van der Waals surface area contributed by atoms with Crippen LogP contribution in [0.4, 0.5) is 0 Å². The molecule has 0 aliphatic rings. The van der Waals surface area contributed by atoms with E-state index in [1.54, 1.807) is 0 Å². The van der Waals surface area contributed by atoms with E-state index >= 15 is 0 Å². The van der Waals surface area contributed by atoms with E-state index in [1.165, 1.54) is 12.0 Å². The van der Waals surface area contributed by atoms with Crippen molar-refractivity contribution in [2.75, 3.05) is 32.9 Å². The van der Waals surface area contributed by atoms with Gasteiger partial charge in [0.2, 0.25) is 0 Å². The van der Waals surface area contributed by atoms with Crippen molar-refractivity contribution >= 4 is 0 Å². The number of unbranched alkanes of at least 4 members (excludes halogenated alkanes) is 1. The van der Waals surface area contributed by atoms with E-state index in [0.29, 0.717) is 6.61 Å². The van der Waals surface area contributed by atoms with Crippen LogP contribution in [0, 0.1) is 0 Å². The highest BCUT2D eigenvalue weighted by Gasteiger charge is 1.92. The zero-order valence-corrected chi connectivity index (χ0v) is 11.4. The topological polar surface area (TPSA) is 30.5 Å². The van der Waals surface area contributed by atoms with E-state index in [9.17, 15) is 0 Å². The van der Waals surface area contributed by atoms with E-state index in [4.69, 9.17) is 9.47 Å². The van der Waals surface area contributed by atoms with Crippen molar-refractivity contribution in [3.8, 4) is 0 Å². The lowest BCUT2D eigenvalue weighted by Crippen LogP contribution is -2.24. The zero-order valence-electron chi connectivity index (χ0n) is 11.4. The minimum absolute atomic E-state index is 0.690. The summed E-state index contributed by atoms with van der Waals surface area (Å²) in [4.78, 5) is 0. The highest BCUT2D eigenvalue weighted by molar-refractivity contribution is 5.13. The van der Waals surface area contributed by atoms with Crippen molar-refractivity contribution in [3.05, 3.63) is 35.9 Å². The summed E-state index contributed by atoms with van der Waals surface area (Å²) < 4.78 is 11.0. The summed E-state index contributed by atoms with van der Waals surface area (Å²) >= 11 is 0. The Morgan fingerprint density at radius 3 is 2.39 bits per heavy atom. The standard InChI is InChI=1S/C15H25NO2/c1-2-3-11-17-12-9-16-10-13-18-14-15-7-5-4-6-8-15/h4-8,16H,2-3,9-14H2,1H3. The van der Waals surface area contributed by atoms with Gasteiger partial charge in [-0.25, -0.2) is 0 Å². The van der Waals surface area contributed by atoms with Crippen LogP contribution >= 0.6 is 0 Å². The van der Waals surface area contributed by atoms with E-state index in [0.717, 1.165) is 39.3 Å². The lowest BCUT2D eigenvalue weighted by molar-refractivity contribution is 0.112. The number of rotatable bonds is 11. The molecule has 3 nitrogen and oxygen atoms in total. The molecule has 0 amide bonds. The summed E-state index contributed by atoms with van der Waals surface area (Å²) in [6, 6.07) is 10.2. The molecule has 1 aromatic carbocycles. The average Bonchev–Trinajstić information content (AvgIpc) is 2.42. The van der Waals surface area contributed by atoms with E-state index in [-0.39, 0.29) is 0 Å². The van der Waals surface area contributed by atoms with Gasteiger partial charge in [0.1, 0.15) is 0 Å². The summed E-state index contributed by atoms with van der Waals surface area (Å²) in [6.45, 7) is 7.05. The summed E-state index contributed by atoms with van der Waals surface area (Å²) in [5.41, 5.74) is 1.22. The smallest absolute Gasteiger partial charge is 0.0717 e. The Morgan fingerprint density at radius 2 is 1.67 bits per heavy atom. The summed E-state index contributed by atoms with van der Waals surface area (Å²) in [6.07, 6.45) is 2.35. The molecule has 0 spiro atoms. The first-order valence-electron chi connectivity index (χ1n) is 6.83. The highest BCUT2D eigenvalue weighted by atomic mass is 16.5. The molecule has 3 heteroatoms. The molecule has 0 fully saturated rings. The van der Waals surface area contributed by atoms with Crippen LogP contribution in [0.2, 0.25) is 0 Å². The molecule has 0 atom stereocenters. The second kappa shape index (κ2) is 11.2. The molecule has 1 N–H and O–H groups in total. The van der Waals surface area contributed by atoms with Crippen molar-refractivity contribution in [2.45, 2.75) is 26.4 Å². The third-order valence-electron chi connectivity index (χ3n) is 2.60. The largest absolute Gasteiger partial charge is 0.380 e. The van der Waals surface area contributed by atoms with Gasteiger partial charge in [-0.05, 0) is 12.0 Å². The van der Waals surface area contributed by atoms with Crippen molar-refractivity contribution in [1.82, 2.24) is 5.32 Å². The number of nitrogens with one attached hydrogen (secondary N) is 1. The van der Waals surface area contributed by atoms with E-state index < -0.39 is 0 Å². The van der Waals surface area contributed by atoms with Crippen LogP contribution in [0.3, 0.4) is 0 Å². The lowest BCUT2D eigenvalue weighted by atomic mass is 10.2. The van der Waals surface area contributed by atoms with Crippen LogP contribution in [-0.2, 0) is 16.1 Å². The van der Waals surface area contributed by atoms with Crippen molar-refractivity contribution in [2.24, 2.45) is 0 Å². The van der Waals surface area contributed by atoms with Crippen LogP contribution < -0.4 is 5.32 Å². The molecule has 0 aliphatic carbocycles.